The van der Waals surface area contributed by atoms with Gasteiger partial charge in [0.15, 0.2) is 0 Å². The lowest BCUT2D eigenvalue weighted by atomic mass is 9.78. The molecule has 0 aromatic heterocycles. The van der Waals surface area contributed by atoms with Gasteiger partial charge in [-0.05, 0) is 70.1 Å². The lowest BCUT2D eigenvalue weighted by molar-refractivity contribution is -0.123. The minimum atomic E-state index is -0.161. The van der Waals surface area contributed by atoms with Crippen LogP contribution in [-0.4, -0.2) is 31.5 Å². The number of hydrogen-bond acceptors (Lipinski definition) is 4. The Kier molecular flexibility index (Phi) is 7.49. The molecule has 0 saturated heterocycles. The fourth-order valence-corrected chi connectivity index (χ4v) is 6.14. The molecule has 3 atom stereocenters. The van der Waals surface area contributed by atoms with E-state index in [9.17, 15) is 9.59 Å². The fraction of sp³-hybridized carbons (Fsp3) is 0.385. The van der Waals surface area contributed by atoms with Crippen LogP contribution < -0.4 is 15.0 Å². The molecule has 2 aliphatic rings. The molecule has 2 amide bonds. The zero-order chi connectivity index (χ0) is 23.5. The highest BCUT2D eigenvalue weighted by Gasteiger charge is 2.32. The summed E-state index contributed by atoms with van der Waals surface area (Å²) < 4.78 is 6.12. The van der Waals surface area contributed by atoms with Crippen molar-refractivity contribution in [3.05, 3.63) is 57.4 Å². The summed E-state index contributed by atoms with van der Waals surface area (Å²) in [6.45, 7) is 4.47. The quantitative estimate of drug-likeness (QED) is 0.492. The van der Waals surface area contributed by atoms with Crippen molar-refractivity contribution in [2.24, 2.45) is 11.8 Å². The van der Waals surface area contributed by atoms with Crippen LogP contribution in [0.1, 0.15) is 38.7 Å². The molecule has 1 aliphatic heterocycles. The Hall–Kier alpha value is -2.25. The first-order valence-electron chi connectivity index (χ1n) is 11.3. The van der Waals surface area contributed by atoms with Gasteiger partial charge in [-0.25, -0.2) is 0 Å². The van der Waals surface area contributed by atoms with Crippen molar-refractivity contribution in [2.75, 3.05) is 18.6 Å². The third kappa shape index (κ3) is 5.30. The number of benzene rings is 2. The second kappa shape index (κ2) is 10.3. The number of nitrogens with zero attached hydrogens (tertiary/aromatic N) is 1. The second-order valence-corrected chi connectivity index (χ2v) is 10.7. The van der Waals surface area contributed by atoms with Crippen molar-refractivity contribution in [1.29, 1.82) is 0 Å². The molecule has 4 rings (SSSR count). The first kappa shape index (κ1) is 23.9. The lowest BCUT2D eigenvalue weighted by Crippen LogP contribution is -2.49. The van der Waals surface area contributed by atoms with Crippen LogP contribution in [0.2, 0.25) is 0 Å². The van der Waals surface area contributed by atoms with E-state index in [2.05, 4.69) is 35.1 Å². The molecule has 0 bridgehead atoms. The van der Waals surface area contributed by atoms with Gasteiger partial charge in [-0.2, -0.15) is 0 Å². The molecule has 0 radical (unpaired) electrons. The van der Waals surface area contributed by atoms with E-state index in [0.29, 0.717) is 16.7 Å². The van der Waals surface area contributed by atoms with Gasteiger partial charge in [-0.3, -0.25) is 14.5 Å². The zero-order valence-electron chi connectivity index (χ0n) is 19.1. The molecule has 1 saturated carbocycles. The summed E-state index contributed by atoms with van der Waals surface area (Å²) in [5, 5.41) is 3.20. The molecule has 33 heavy (non-hydrogen) atoms. The summed E-state index contributed by atoms with van der Waals surface area (Å²) in [5.74, 6) is 1.49. The standard InChI is InChI=1S/C26H29BrN2O3S/c1-16-7-6-8-20(17(16)2)28-25(30)15-29-21-9-4-5-10-23(21)33-24(26(29)31)14-18-11-12-22(32-3)19(27)13-18/h4-5,9-14,16-17,20H,6-8,15H2,1-3H3,(H,28,30)/b24-14+/t16-,17-,20+/m0/s1. The number of carbonyl (C=O) groups is 2. The normalized spacial score (nSPS) is 23.9. The summed E-state index contributed by atoms with van der Waals surface area (Å²) in [5.41, 5.74) is 1.66. The average Bonchev–Trinajstić information content (AvgIpc) is 2.80. The molecular weight excluding hydrogens is 500 g/mol. The van der Waals surface area contributed by atoms with Crippen LogP contribution in [0.4, 0.5) is 5.69 Å². The van der Waals surface area contributed by atoms with Crippen molar-refractivity contribution in [3.63, 3.8) is 0 Å². The van der Waals surface area contributed by atoms with E-state index in [0.717, 1.165) is 39.2 Å². The highest BCUT2D eigenvalue weighted by molar-refractivity contribution is 9.10. The monoisotopic (exact) mass is 528 g/mol. The van der Waals surface area contributed by atoms with Crippen LogP contribution in [0.3, 0.4) is 0 Å². The summed E-state index contributed by atoms with van der Waals surface area (Å²) in [6, 6.07) is 13.6. The highest BCUT2D eigenvalue weighted by atomic mass is 79.9. The highest BCUT2D eigenvalue weighted by Crippen LogP contribution is 2.42. The van der Waals surface area contributed by atoms with Crippen LogP contribution in [-0.2, 0) is 9.59 Å². The summed E-state index contributed by atoms with van der Waals surface area (Å²) in [6.07, 6.45) is 5.19. The van der Waals surface area contributed by atoms with E-state index in [1.807, 2.05) is 48.5 Å². The predicted molar refractivity (Wildman–Crippen MR) is 137 cm³/mol. The van der Waals surface area contributed by atoms with Gasteiger partial charge in [-0.15, -0.1) is 0 Å². The molecule has 0 unspecified atom stereocenters. The zero-order valence-corrected chi connectivity index (χ0v) is 21.5. The molecule has 0 spiro atoms. The van der Waals surface area contributed by atoms with Crippen LogP contribution in [0.5, 0.6) is 5.75 Å². The Balaban J connectivity index is 1.57. The van der Waals surface area contributed by atoms with Gasteiger partial charge >= 0.3 is 0 Å². The minimum Gasteiger partial charge on any atom is -0.496 e. The van der Waals surface area contributed by atoms with E-state index < -0.39 is 0 Å². The predicted octanol–water partition coefficient (Wildman–Crippen LogP) is 5.88. The maximum Gasteiger partial charge on any atom is 0.265 e. The number of carbonyl (C=O) groups excluding carboxylic acids is 2. The molecule has 2 aromatic rings. The van der Waals surface area contributed by atoms with Gasteiger partial charge in [0, 0.05) is 10.9 Å². The van der Waals surface area contributed by atoms with Crippen LogP contribution in [0.25, 0.3) is 6.08 Å². The molecular formula is C26H29BrN2O3S. The number of para-hydroxylation sites is 1. The van der Waals surface area contributed by atoms with Crippen LogP contribution >= 0.6 is 27.7 Å². The summed E-state index contributed by atoms with van der Waals surface area (Å²) in [7, 11) is 1.62. The largest absolute Gasteiger partial charge is 0.496 e. The molecule has 1 heterocycles. The topological polar surface area (TPSA) is 58.6 Å². The lowest BCUT2D eigenvalue weighted by Gasteiger charge is -2.35. The van der Waals surface area contributed by atoms with E-state index >= 15 is 0 Å². The summed E-state index contributed by atoms with van der Waals surface area (Å²) in [4.78, 5) is 29.6. The molecule has 174 valence electrons. The van der Waals surface area contributed by atoms with Crippen molar-refractivity contribution in [3.8, 4) is 5.75 Å². The van der Waals surface area contributed by atoms with Gasteiger partial charge in [-0.1, -0.05) is 56.7 Å². The van der Waals surface area contributed by atoms with Crippen molar-refractivity contribution in [2.45, 2.75) is 44.0 Å². The Morgan fingerprint density at radius 2 is 2.03 bits per heavy atom. The SMILES string of the molecule is COc1ccc(/C=C2/Sc3ccccc3N(CC(=O)N[C@@H]3CCC[C@H](C)[C@@H]3C)C2=O)cc1Br. The average molecular weight is 530 g/mol. The van der Waals surface area contributed by atoms with Crippen molar-refractivity contribution >= 4 is 51.3 Å². The van der Waals surface area contributed by atoms with Crippen molar-refractivity contribution in [1.82, 2.24) is 5.32 Å². The van der Waals surface area contributed by atoms with Gasteiger partial charge in [0.25, 0.3) is 5.91 Å². The Morgan fingerprint density at radius 1 is 1.24 bits per heavy atom. The van der Waals surface area contributed by atoms with Gasteiger partial charge < -0.3 is 10.1 Å². The maximum absolute atomic E-state index is 13.5. The number of methoxy groups -OCH3 is 1. The number of hydrogen-bond donors (Lipinski definition) is 1. The number of rotatable bonds is 5. The first-order valence-corrected chi connectivity index (χ1v) is 12.9. The fourth-order valence-electron chi connectivity index (χ4n) is 4.52. The third-order valence-electron chi connectivity index (χ3n) is 6.66. The number of anilines is 1. The van der Waals surface area contributed by atoms with Gasteiger partial charge in [0.2, 0.25) is 5.91 Å². The molecule has 1 aliphatic carbocycles. The number of amides is 2. The first-order chi connectivity index (χ1) is 15.9. The minimum absolute atomic E-state index is 0.0116. The molecule has 1 fully saturated rings. The number of fused-ring (bicyclic) bond motifs is 1. The van der Waals surface area contributed by atoms with Crippen LogP contribution in [0, 0.1) is 11.8 Å². The number of nitrogens with one attached hydrogen (secondary N) is 1. The number of thioether (sulfide) groups is 1. The number of halogens is 1. The van der Waals surface area contributed by atoms with E-state index in [1.165, 1.54) is 18.2 Å². The molecule has 7 heteroatoms. The Bertz CT molecular complexity index is 1090. The van der Waals surface area contributed by atoms with Crippen molar-refractivity contribution < 1.29 is 14.3 Å². The van der Waals surface area contributed by atoms with Gasteiger partial charge in [0.05, 0.1) is 22.2 Å². The molecule has 1 N–H and O–H groups in total. The van der Waals surface area contributed by atoms with E-state index in [-0.39, 0.29) is 24.4 Å². The molecule has 2 aromatic carbocycles. The smallest absolute Gasteiger partial charge is 0.265 e. The second-order valence-electron chi connectivity index (χ2n) is 8.80. The van der Waals surface area contributed by atoms with E-state index in [4.69, 9.17) is 4.74 Å². The molecule has 5 nitrogen and oxygen atoms in total. The van der Waals surface area contributed by atoms with Gasteiger partial charge in [0.1, 0.15) is 12.3 Å². The Morgan fingerprint density at radius 3 is 2.79 bits per heavy atom. The Labute approximate surface area is 208 Å². The van der Waals surface area contributed by atoms with E-state index in [1.54, 1.807) is 12.0 Å². The third-order valence-corrected chi connectivity index (χ3v) is 8.36. The van der Waals surface area contributed by atoms with Crippen LogP contribution in [0.15, 0.2) is 56.7 Å². The maximum atomic E-state index is 13.5. The summed E-state index contributed by atoms with van der Waals surface area (Å²) >= 11 is 4.94. The number of ether oxygens (including phenoxy) is 1.